The highest BCUT2D eigenvalue weighted by Crippen LogP contribution is 2.26. The fourth-order valence-corrected chi connectivity index (χ4v) is 4.10. The number of carbonyl (C=O) groups is 2. The van der Waals surface area contributed by atoms with Gasteiger partial charge in [0.2, 0.25) is 21.8 Å². The maximum Gasteiger partial charge on any atom is 0.240 e. The Morgan fingerprint density at radius 2 is 1.82 bits per heavy atom. The molecule has 1 fully saturated rings. The summed E-state index contributed by atoms with van der Waals surface area (Å²) in [6.45, 7) is 0. The van der Waals surface area contributed by atoms with Gasteiger partial charge in [0.1, 0.15) is 5.25 Å². The second-order valence-electron chi connectivity index (χ2n) is 5.81. The zero-order valence-electron chi connectivity index (χ0n) is 14.3. The van der Waals surface area contributed by atoms with E-state index in [2.05, 4.69) is 31.6 Å². The highest BCUT2D eigenvalue weighted by atomic mass is 79.9. The number of nitrogens with zero attached hydrogens (tertiary/aromatic N) is 1. The molecule has 4 N–H and O–H groups in total. The van der Waals surface area contributed by atoms with Crippen LogP contribution in [-0.2, 0) is 19.6 Å². The van der Waals surface area contributed by atoms with Gasteiger partial charge in [-0.2, -0.15) is 0 Å². The van der Waals surface area contributed by atoms with E-state index in [-0.39, 0.29) is 23.1 Å². The van der Waals surface area contributed by atoms with Gasteiger partial charge in [-0.05, 0) is 48.5 Å². The Hall–Kier alpha value is -2.21. The molecule has 0 saturated carbocycles. The van der Waals surface area contributed by atoms with Crippen molar-refractivity contribution < 1.29 is 18.0 Å². The van der Waals surface area contributed by atoms with Crippen LogP contribution in [0.25, 0.3) is 0 Å². The normalized spacial score (nSPS) is 18.1. The van der Waals surface area contributed by atoms with Crippen molar-refractivity contribution >= 4 is 66.1 Å². The molecule has 0 radical (unpaired) electrons. The van der Waals surface area contributed by atoms with Gasteiger partial charge >= 0.3 is 0 Å². The first-order chi connectivity index (χ1) is 13.2. The molecule has 8 nitrogen and oxygen atoms in total. The van der Waals surface area contributed by atoms with E-state index in [1.165, 1.54) is 24.3 Å². The number of nitrogens with two attached hydrogens (primary N) is 1. The molecule has 11 heteroatoms. The predicted octanol–water partition coefficient (Wildman–Crippen LogP) is 2.34. The molecule has 0 aromatic heterocycles. The number of aliphatic imine (C=N–C) groups is 1. The van der Waals surface area contributed by atoms with E-state index in [9.17, 15) is 18.0 Å². The van der Waals surface area contributed by atoms with Crippen molar-refractivity contribution in [3.63, 3.8) is 0 Å². The SMILES string of the molecule is NS(=O)(=O)c1ccc(N=C2NC(=O)[C@H](CC(=O)Nc3ccc(Br)cc3)S2)cc1. The summed E-state index contributed by atoms with van der Waals surface area (Å²) in [4.78, 5) is 28.5. The van der Waals surface area contributed by atoms with E-state index in [1.807, 2.05) is 0 Å². The number of carbonyl (C=O) groups excluding carboxylic acids is 2. The number of primary sulfonamides is 1. The predicted molar refractivity (Wildman–Crippen MR) is 112 cm³/mol. The molecular formula is C17H15BrN4O4S2. The van der Waals surface area contributed by atoms with Crippen LogP contribution < -0.4 is 15.8 Å². The molecule has 1 atom stereocenters. The third-order valence-corrected chi connectivity index (χ3v) is 6.21. The summed E-state index contributed by atoms with van der Waals surface area (Å²) in [5, 5.41) is 10.2. The number of hydrogen-bond acceptors (Lipinski definition) is 6. The zero-order valence-corrected chi connectivity index (χ0v) is 17.5. The van der Waals surface area contributed by atoms with E-state index in [0.717, 1.165) is 16.2 Å². The molecule has 2 aromatic carbocycles. The van der Waals surface area contributed by atoms with Crippen LogP contribution in [0.3, 0.4) is 0 Å². The van der Waals surface area contributed by atoms with E-state index < -0.39 is 15.3 Å². The summed E-state index contributed by atoms with van der Waals surface area (Å²) < 4.78 is 23.4. The average molecular weight is 483 g/mol. The maximum absolute atomic E-state index is 12.2. The molecule has 2 aromatic rings. The van der Waals surface area contributed by atoms with E-state index in [1.54, 1.807) is 24.3 Å². The van der Waals surface area contributed by atoms with Crippen molar-refractivity contribution in [2.75, 3.05) is 5.32 Å². The molecule has 1 aliphatic heterocycles. The van der Waals surface area contributed by atoms with Gasteiger partial charge in [-0.1, -0.05) is 27.7 Å². The summed E-state index contributed by atoms with van der Waals surface area (Å²) >= 11 is 4.46. The number of thioether (sulfide) groups is 1. The lowest BCUT2D eigenvalue weighted by molar-refractivity contribution is -0.122. The van der Waals surface area contributed by atoms with Crippen LogP contribution in [0.5, 0.6) is 0 Å². The lowest BCUT2D eigenvalue weighted by Crippen LogP contribution is -2.28. The van der Waals surface area contributed by atoms with Gasteiger partial charge in [-0.3, -0.25) is 9.59 Å². The van der Waals surface area contributed by atoms with Crippen LogP contribution in [0.4, 0.5) is 11.4 Å². The van der Waals surface area contributed by atoms with Gasteiger partial charge in [0.25, 0.3) is 0 Å². The van der Waals surface area contributed by atoms with Crippen molar-refractivity contribution in [2.45, 2.75) is 16.6 Å². The summed E-state index contributed by atoms with van der Waals surface area (Å²) in [6.07, 6.45) is -0.00403. The second kappa shape index (κ2) is 8.43. The van der Waals surface area contributed by atoms with Gasteiger partial charge in [-0.15, -0.1) is 0 Å². The molecule has 3 rings (SSSR count). The van der Waals surface area contributed by atoms with Crippen molar-refractivity contribution in [1.29, 1.82) is 0 Å². The van der Waals surface area contributed by atoms with Gasteiger partial charge in [0, 0.05) is 16.6 Å². The Morgan fingerprint density at radius 3 is 2.43 bits per heavy atom. The maximum atomic E-state index is 12.2. The number of hydrogen-bond donors (Lipinski definition) is 3. The number of amides is 2. The van der Waals surface area contributed by atoms with Crippen molar-refractivity contribution in [1.82, 2.24) is 5.32 Å². The van der Waals surface area contributed by atoms with Gasteiger partial charge in [-0.25, -0.2) is 18.5 Å². The number of nitrogens with one attached hydrogen (secondary N) is 2. The largest absolute Gasteiger partial charge is 0.326 e. The molecule has 1 aliphatic rings. The highest BCUT2D eigenvalue weighted by Gasteiger charge is 2.32. The first kappa shape index (κ1) is 20.5. The topological polar surface area (TPSA) is 131 Å². The molecule has 0 unspecified atom stereocenters. The van der Waals surface area contributed by atoms with Crippen LogP contribution in [0.15, 0.2) is 62.9 Å². The van der Waals surface area contributed by atoms with Crippen LogP contribution in [0.1, 0.15) is 6.42 Å². The van der Waals surface area contributed by atoms with Gasteiger partial charge in [0.05, 0.1) is 10.6 Å². The Labute approximate surface area is 174 Å². The Morgan fingerprint density at radius 1 is 1.18 bits per heavy atom. The van der Waals surface area contributed by atoms with Crippen molar-refractivity contribution in [3.05, 3.63) is 53.0 Å². The van der Waals surface area contributed by atoms with Gasteiger partial charge in [0.15, 0.2) is 5.17 Å². The third-order valence-electron chi connectivity index (χ3n) is 3.67. The fourth-order valence-electron chi connectivity index (χ4n) is 2.33. The number of halogens is 1. The summed E-state index contributed by atoms with van der Waals surface area (Å²) in [5.74, 6) is -0.593. The minimum Gasteiger partial charge on any atom is -0.326 e. The molecule has 0 aliphatic carbocycles. The molecule has 28 heavy (non-hydrogen) atoms. The Bertz CT molecular complexity index is 1040. The lowest BCUT2D eigenvalue weighted by Gasteiger charge is -2.07. The quantitative estimate of drug-likeness (QED) is 0.601. The standard InChI is InChI=1S/C17H15BrN4O4S2/c18-10-1-3-11(4-2-10)20-15(23)9-14-16(24)22-17(27-14)21-12-5-7-13(8-6-12)28(19,25)26/h1-8,14H,9H2,(H,20,23)(H2,19,25,26)(H,21,22,24)/t14-/m0/s1. The lowest BCUT2D eigenvalue weighted by atomic mass is 10.2. The monoisotopic (exact) mass is 482 g/mol. The fraction of sp³-hybridized carbons (Fsp3) is 0.118. The second-order valence-corrected chi connectivity index (χ2v) is 9.48. The van der Waals surface area contributed by atoms with E-state index >= 15 is 0 Å². The molecule has 2 amide bonds. The average Bonchev–Trinajstić information content (AvgIpc) is 2.95. The zero-order chi connectivity index (χ0) is 20.3. The molecule has 146 valence electrons. The van der Waals surface area contributed by atoms with Crippen LogP contribution in [-0.4, -0.2) is 30.6 Å². The summed E-state index contributed by atoms with van der Waals surface area (Å²) in [7, 11) is -3.78. The van der Waals surface area contributed by atoms with Crippen LogP contribution >= 0.6 is 27.7 Å². The molecule has 1 saturated heterocycles. The Kier molecular flexibility index (Phi) is 6.18. The number of amidine groups is 1. The third kappa shape index (κ3) is 5.41. The van der Waals surface area contributed by atoms with Crippen LogP contribution in [0.2, 0.25) is 0 Å². The molecular weight excluding hydrogens is 468 g/mol. The molecule has 1 heterocycles. The van der Waals surface area contributed by atoms with Crippen molar-refractivity contribution in [3.8, 4) is 0 Å². The minimum atomic E-state index is -3.78. The molecule has 0 spiro atoms. The van der Waals surface area contributed by atoms with E-state index in [4.69, 9.17) is 5.14 Å². The first-order valence-electron chi connectivity index (χ1n) is 7.95. The minimum absolute atomic E-state index is 0.00403. The summed E-state index contributed by atoms with van der Waals surface area (Å²) in [6, 6.07) is 12.7. The highest BCUT2D eigenvalue weighted by molar-refractivity contribution is 9.10. The first-order valence-corrected chi connectivity index (χ1v) is 11.2. The summed E-state index contributed by atoms with van der Waals surface area (Å²) in [5.41, 5.74) is 1.09. The number of benzene rings is 2. The van der Waals surface area contributed by atoms with Crippen molar-refractivity contribution in [2.24, 2.45) is 10.1 Å². The molecule has 0 bridgehead atoms. The Balaban J connectivity index is 1.62. The van der Waals surface area contributed by atoms with Gasteiger partial charge < -0.3 is 10.6 Å². The van der Waals surface area contributed by atoms with E-state index in [0.29, 0.717) is 16.5 Å². The smallest absolute Gasteiger partial charge is 0.240 e. The van der Waals surface area contributed by atoms with Crippen LogP contribution in [0, 0.1) is 0 Å². The number of rotatable bonds is 5. The number of sulfonamides is 1. The number of anilines is 1.